The van der Waals surface area contributed by atoms with Crippen LogP contribution >= 0.6 is 11.8 Å². The normalized spacial score (nSPS) is 10.7. The topological polar surface area (TPSA) is 80.9 Å². The van der Waals surface area contributed by atoms with Crippen LogP contribution < -0.4 is 5.32 Å². The molecule has 0 aliphatic heterocycles. The number of hydrogen-bond acceptors (Lipinski definition) is 6. The highest BCUT2D eigenvalue weighted by atomic mass is 32.2. The molecule has 0 unspecified atom stereocenters. The number of anilines is 1. The minimum Gasteiger partial charge on any atom is -0.334 e. The summed E-state index contributed by atoms with van der Waals surface area (Å²) in [5, 5.41) is 7.43. The van der Waals surface area contributed by atoms with Crippen molar-refractivity contribution in [2.45, 2.75) is 25.8 Å². The molecule has 6 nitrogen and oxygen atoms in total. The first-order chi connectivity index (χ1) is 12.0. The molecule has 3 aromatic rings. The summed E-state index contributed by atoms with van der Waals surface area (Å²) in [6.45, 7) is 5.77. The van der Waals surface area contributed by atoms with Gasteiger partial charge in [-0.05, 0) is 50.1 Å². The van der Waals surface area contributed by atoms with E-state index >= 15 is 0 Å². The zero-order valence-corrected chi connectivity index (χ0v) is 15.1. The maximum atomic E-state index is 12.3. The van der Waals surface area contributed by atoms with Crippen LogP contribution in [0.25, 0.3) is 11.5 Å². The summed E-state index contributed by atoms with van der Waals surface area (Å²) in [6, 6.07) is 9.50. The van der Waals surface area contributed by atoms with Crippen molar-refractivity contribution in [3.8, 4) is 11.5 Å². The molecule has 0 fully saturated rings. The van der Waals surface area contributed by atoms with Gasteiger partial charge in [-0.15, -0.1) is 0 Å². The fourth-order valence-electron chi connectivity index (χ4n) is 2.28. The third-order valence-electron chi connectivity index (χ3n) is 3.75. The lowest BCUT2D eigenvalue weighted by Crippen LogP contribution is -2.15. The zero-order chi connectivity index (χ0) is 17.8. The first-order valence-electron chi connectivity index (χ1n) is 7.79. The van der Waals surface area contributed by atoms with Crippen molar-refractivity contribution in [2.24, 2.45) is 0 Å². The summed E-state index contributed by atoms with van der Waals surface area (Å²) < 4.78 is 5.21. The van der Waals surface area contributed by atoms with Crippen LogP contribution in [0.3, 0.4) is 0 Å². The van der Waals surface area contributed by atoms with E-state index < -0.39 is 0 Å². The average molecular weight is 354 g/mol. The first kappa shape index (κ1) is 17.2. The number of rotatable bonds is 5. The van der Waals surface area contributed by atoms with Gasteiger partial charge in [0, 0.05) is 11.9 Å². The Hall–Kier alpha value is -2.67. The molecule has 0 saturated heterocycles. The summed E-state index contributed by atoms with van der Waals surface area (Å²) >= 11 is 1.34. The van der Waals surface area contributed by atoms with Gasteiger partial charge in [0.25, 0.3) is 5.89 Å². The molecule has 0 spiro atoms. The fraction of sp³-hybridized carbons (Fsp3) is 0.222. The largest absolute Gasteiger partial charge is 0.334 e. The lowest BCUT2D eigenvalue weighted by Gasteiger charge is -2.10. The highest BCUT2D eigenvalue weighted by Gasteiger charge is 2.14. The molecule has 7 heteroatoms. The molecule has 0 atom stereocenters. The summed E-state index contributed by atoms with van der Waals surface area (Å²) in [5.41, 5.74) is 3.77. The number of thioether (sulfide) groups is 1. The van der Waals surface area contributed by atoms with E-state index in [9.17, 15) is 4.79 Å². The van der Waals surface area contributed by atoms with Crippen molar-refractivity contribution >= 4 is 23.4 Å². The smallest absolute Gasteiger partial charge is 0.260 e. The highest BCUT2D eigenvalue weighted by molar-refractivity contribution is 8.00. The van der Waals surface area contributed by atoms with Crippen molar-refractivity contribution in [2.75, 3.05) is 11.1 Å². The Kier molecular flexibility index (Phi) is 5.14. The van der Waals surface area contributed by atoms with Gasteiger partial charge in [-0.25, -0.2) is 4.98 Å². The molecule has 0 saturated carbocycles. The number of hydrogen-bond donors (Lipinski definition) is 1. The Bertz CT molecular complexity index is 908. The third kappa shape index (κ3) is 4.06. The molecule has 128 valence electrons. The van der Waals surface area contributed by atoms with Gasteiger partial charge in [-0.2, -0.15) is 4.98 Å². The molecule has 0 bridgehead atoms. The standard InChI is InChI=1S/C18H18N4O2S/c1-11-6-4-8-15(12(11)2)21-16(23)10-25-18-14(7-5-9-19-18)17-20-13(3)22-24-17/h4-9H,10H2,1-3H3,(H,21,23). The van der Waals surface area contributed by atoms with Crippen molar-refractivity contribution in [1.29, 1.82) is 0 Å². The van der Waals surface area contributed by atoms with Crippen LogP contribution in [-0.2, 0) is 4.79 Å². The minimum absolute atomic E-state index is 0.0861. The van der Waals surface area contributed by atoms with E-state index in [1.807, 2.05) is 38.1 Å². The number of nitrogens with zero attached hydrogens (tertiary/aromatic N) is 3. The molecule has 0 aliphatic carbocycles. The SMILES string of the molecule is Cc1noc(-c2cccnc2SCC(=O)Nc2cccc(C)c2C)n1. The van der Waals surface area contributed by atoms with Crippen molar-refractivity contribution in [3.63, 3.8) is 0 Å². The van der Waals surface area contributed by atoms with Gasteiger partial charge in [-0.1, -0.05) is 29.1 Å². The van der Waals surface area contributed by atoms with Gasteiger partial charge in [0.15, 0.2) is 5.82 Å². The third-order valence-corrected chi connectivity index (χ3v) is 4.75. The number of aryl methyl sites for hydroxylation is 2. The maximum Gasteiger partial charge on any atom is 0.260 e. The van der Waals surface area contributed by atoms with E-state index in [0.717, 1.165) is 22.4 Å². The number of benzene rings is 1. The fourth-order valence-corrected chi connectivity index (χ4v) is 3.07. The van der Waals surface area contributed by atoms with Crippen LogP contribution in [0.2, 0.25) is 0 Å². The second-order valence-electron chi connectivity index (χ2n) is 5.59. The molecule has 1 amide bonds. The molecular weight excluding hydrogens is 336 g/mol. The summed E-state index contributed by atoms with van der Waals surface area (Å²) in [6.07, 6.45) is 1.68. The monoisotopic (exact) mass is 354 g/mol. The Labute approximate surface area is 150 Å². The molecule has 1 N–H and O–H groups in total. The van der Waals surface area contributed by atoms with E-state index in [4.69, 9.17) is 4.52 Å². The lowest BCUT2D eigenvalue weighted by atomic mass is 10.1. The quantitative estimate of drug-likeness (QED) is 0.702. The number of aromatic nitrogens is 3. The Balaban J connectivity index is 1.70. The minimum atomic E-state index is -0.0861. The van der Waals surface area contributed by atoms with Gasteiger partial charge in [0.1, 0.15) is 5.03 Å². The van der Waals surface area contributed by atoms with E-state index in [1.165, 1.54) is 11.8 Å². The van der Waals surface area contributed by atoms with Crippen LogP contribution in [0.4, 0.5) is 5.69 Å². The molecule has 0 aliphatic rings. The second-order valence-corrected chi connectivity index (χ2v) is 6.55. The summed E-state index contributed by atoms with van der Waals surface area (Å²) in [5.74, 6) is 1.12. The number of nitrogens with one attached hydrogen (secondary N) is 1. The van der Waals surface area contributed by atoms with Gasteiger partial charge in [-0.3, -0.25) is 4.79 Å². The second kappa shape index (κ2) is 7.48. The number of pyridine rings is 1. The van der Waals surface area contributed by atoms with Crippen molar-refractivity contribution < 1.29 is 9.32 Å². The number of carbonyl (C=O) groups excluding carboxylic acids is 1. The molecular formula is C18H18N4O2S. The molecule has 0 radical (unpaired) electrons. The van der Waals surface area contributed by atoms with Gasteiger partial charge in [0.2, 0.25) is 5.91 Å². The Morgan fingerprint density at radius 1 is 1.20 bits per heavy atom. The van der Waals surface area contributed by atoms with Crippen LogP contribution in [0.1, 0.15) is 17.0 Å². The van der Waals surface area contributed by atoms with Gasteiger partial charge in [0.05, 0.1) is 11.3 Å². The maximum absolute atomic E-state index is 12.3. The van der Waals surface area contributed by atoms with Gasteiger partial charge < -0.3 is 9.84 Å². The van der Waals surface area contributed by atoms with E-state index in [2.05, 4.69) is 20.4 Å². The zero-order valence-electron chi connectivity index (χ0n) is 14.2. The van der Waals surface area contributed by atoms with E-state index in [1.54, 1.807) is 19.2 Å². The Morgan fingerprint density at radius 2 is 2.04 bits per heavy atom. The first-order valence-corrected chi connectivity index (χ1v) is 8.77. The van der Waals surface area contributed by atoms with Crippen molar-refractivity contribution in [1.82, 2.24) is 15.1 Å². The molecule has 3 rings (SSSR count). The number of carbonyl (C=O) groups is 1. The number of amides is 1. The van der Waals surface area contributed by atoms with Crippen LogP contribution in [0.15, 0.2) is 46.1 Å². The lowest BCUT2D eigenvalue weighted by molar-refractivity contribution is -0.113. The predicted molar refractivity (Wildman–Crippen MR) is 97.5 cm³/mol. The summed E-state index contributed by atoms with van der Waals surface area (Å²) in [7, 11) is 0. The summed E-state index contributed by atoms with van der Waals surface area (Å²) in [4.78, 5) is 20.8. The molecule has 2 heterocycles. The molecule has 25 heavy (non-hydrogen) atoms. The van der Waals surface area contributed by atoms with Crippen LogP contribution in [-0.4, -0.2) is 26.8 Å². The van der Waals surface area contributed by atoms with Crippen LogP contribution in [0, 0.1) is 20.8 Å². The van der Waals surface area contributed by atoms with Crippen LogP contribution in [0.5, 0.6) is 0 Å². The molecule has 2 aromatic heterocycles. The molecule has 1 aromatic carbocycles. The predicted octanol–water partition coefficient (Wildman–Crippen LogP) is 3.79. The van der Waals surface area contributed by atoms with E-state index in [-0.39, 0.29) is 11.7 Å². The Morgan fingerprint density at radius 3 is 2.80 bits per heavy atom. The highest BCUT2D eigenvalue weighted by Crippen LogP contribution is 2.28. The van der Waals surface area contributed by atoms with E-state index in [0.29, 0.717) is 16.7 Å². The van der Waals surface area contributed by atoms with Gasteiger partial charge >= 0.3 is 0 Å². The van der Waals surface area contributed by atoms with Crippen molar-refractivity contribution in [3.05, 3.63) is 53.5 Å². The average Bonchev–Trinajstić information content (AvgIpc) is 3.04.